The molecule has 0 N–H and O–H groups in total. The lowest BCUT2D eigenvalue weighted by molar-refractivity contribution is -0.870. The van der Waals surface area contributed by atoms with E-state index in [9.17, 15) is 19.5 Å². The van der Waals surface area contributed by atoms with Crippen molar-refractivity contribution in [3.8, 4) is 0 Å². The maximum atomic E-state index is 13.0. The molecule has 550 valence electrons. The summed E-state index contributed by atoms with van der Waals surface area (Å²) >= 11 is 0. The molecule has 95 heavy (non-hydrogen) atoms. The topological polar surface area (TPSA) is 111 Å². The molecule has 0 aliphatic heterocycles. The quantitative estimate of drug-likeness (QED) is 0.0195. The lowest BCUT2D eigenvalue weighted by Gasteiger charge is -2.26. The Morgan fingerprint density at radius 1 is 0.326 bits per heavy atom. The van der Waals surface area contributed by atoms with E-state index in [4.69, 9.17) is 18.9 Å². The van der Waals surface area contributed by atoms with Gasteiger partial charge in [0.25, 0.3) is 0 Å². The highest BCUT2D eigenvalue weighted by Crippen LogP contribution is 2.19. The van der Waals surface area contributed by atoms with Crippen LogP contribution in [0.15, 0.2) is 97.2 Å². The number of unbranched alkanes of at least 4 members (excludes halogenated alkanes) is 44. The molecule has 0 bridgehead atoms. The summed E-state index contributed by atoms with van der Waals surface area (Å²) in [6.07, 6.45) is 102. The Bertz CT molecular complexity index is 1890. The van der Waals surface area contributed by atoms with Gasteiger partial charge in [-0.2, -0.15) is 0 Å². The SMILES string of the molecule is CC/C=C\C/C=C\C/C=C\C/C=C\C/C=C\C/C=C\CCCCCCCCCCCCCCCCCCC(=O)OC(COC(=O)CCCCCCCCCCCCCCCCCCCCCCCCC/C=C\C/C=C\CCCCCCC)COC(OCC[N+](C)(C)C)C(=O)[O-]. The fourth-order valence-corrected chi connectivity index (χ4v) is 11.7. The van der Waals surface area contributed by atoms with E-state index in [-0.39, 0.29) is 32.2 Å². The summed E-state index contributed by atoms with van der Waals surface area (Å²) in [5.41, 5.74) is 0. The summed E-state index contributed by atoms with van der Waals surface area (Å²) in [5, 5.41) is 11.9. The predicted octanol–water partition coefficient (Wildman–Crippen LogP) is 24.6. The van der Waals surface area contributed by atoms with Crippen LogP contribution in [-0.2, 0) is 33.3 Å². The Labute approximate surface area is 588 Å². The molecule has 0 rings (SSSR count). The van der Waals surface area contributed by atoms with E-state index >= 15 is 0 Å². The molecule has 0 aliphatic carbocycles. The van der Waals surface area contributed by atoms with Crippen molar-refractivity contribution in [3.63, 3.8) is 0 Å². The van der Waals surface area contributed by atoms with Gasteiger partial charge in [0.2, 0.25) is 0 Å². The number of hydrogen-bond donors (Lipinski definition) is 0. The highest BCUT2D eigenvalue weighted by molar-refractivity contribution is 5.70. The standard InChI is InChI=1S/C86H153NO8/c1-6-8-10-12-14-16-18-20-22-24-26-28-30-32-34-36-38-40-42-44-46-48-50-52-54-56-58-60-62-64-66-68-70-72-74-76-83(88)93-80-82(81-94-86(85(90)91)92-79-78-87(3,4)5)95-84(89)77-75-73-71-69-67-65-63-61-59-57-55-53-51-49-47-45-43-41-39-37-35-33-31-29-27-25-23-21-19-17-15-13-11-9-7-2/h9,11,15,17-18,20-21,23-24,26-27,29,33,35,39,41,82,86H,6-8,10,12-14,16,19,22,25,28,30-32,34,36-38,40,42-81H2,1-5H3/b11-9-,17-15-,20-18-,23-21-,26-24-,29-27-,35-33-,41-39-. The van der Waals surface area contributed by atoms with E-state index in [0.717, 1.165) is 77.0 Å². The van der Waals surface area contributed by atoms with Crippen molar-refractivity contribution in [1.29, 1.82) is 0 Å². The number of carboxylic acids is 1. The second kappa shape index (κ2) is 76.0. The van der Waals surface area contributed by atoms with Gasteiger partial charge in [-0.25, -0.2) is 0 Å². The van der Waals surface area contributed by atoms with Crippen LogP contribution >= 0.6 is 0 Å². The fourth-order valence-electron chi connectivity index (χ4n) is 11.7. The smallest absolute Gasteiger partial charge is 0.306 e. The van der Waals surface area contributed by atoms with E-state index in [1.807, 2.05) is 21.1 Å². The Hall–Kier alpha value is -3.79. The average molecular weight is 1330 g/mol. The highest BCUT2D eigenvalue weighted by Gasteiger charge is 2.22. The van der Waals surface area contributed by atoms with E-state index in [1.54, 1.807) is 0 Å². The van der Waals surface area contributed by atoms with Crippen LogP contribution in [0.4, 0.5) is 0 Å². The summed E-state index contributed by atoms with van der Waals surface area (Å²) in [6.45, 7) is 4.67. The van der Waals surface area contributed by atoms with Crippen LogP contribution in [-0.4, -0.2) is 82.3 Å². The van der Waals surface area contributed by atoms with Crippen LogP contribution in [0.3, 0.4) is 0 Å². The van der Waals surface area contributed by atoms with Gasteiger partial charge in [-0.15, -0.1) is 0 Å². The van der Waals surface area contributed by atoms with Crippen molar-refractivity contribution >= 4 is 17.9 Å². The van der Waals surface area contributed by atoms with E-state index in [0.29, 0.717) is 23.9 Å². The maximum Gasteiger partial charge on any atom is 0.306 e. The zero-order chi connectivity index (χ0) is 69.0. The first kappa shape index (κ1) is 91.2. The number of ether oxygens (including phenoxy) is 4. The molecule has 9 heteroatoms. The summed E-state index contributed by atoms with van der Waals surface area (Å²) in [6, 6.07) is 0. The lowest BCUT2D eigenvalue weighted by atomic mass is 10.0. The molecule has 0 aliphatic rings. The Morgan fingerprint density at radius 2 is 0.600 bits per heavy atom. The Morgan fingerprint density at radius 3 is 0.895 bits per heavy atom. The van der Waals surface area contributed by atoms with Crippen LogP contribution in [0.2, 0.25) is 0 Å². The van der Waals surface area contributed by atoms with Crippen molar-refractivity contribution in [3.05, 3.63) is 97.2 Å². The molecule has 0 spiro atoms. The molecule has 0 heterocycles. The van der Waals surface area contributed by atoms with Crippen LogP contribution < -0.4 is 5.11 Å². The summed E-state index contributed by atoms with van der Waals surface area (Å²) in [5.74, 6) is -2.26. The molecule has 0 radical (unpaired) electrons. The van der Waals surface area contributed by atoms with Gasteiger partial charge in [0.05, 0.1) is 40.3 Å². The van der Waals surface area contributed by atoms with Gasteiger partial charge in [0.1, 0.15) is 13.2 Å². The monoisotopic (exact) mass is 1330 g/mol. The first-order valence-corrected chi connectivity index (χ1v) is 40.4. The third-order valence-electron chi connectivity index (χ3n) is 17.8. The van der Waals surface area contributed by atoms with Crippen LogP contribution in [0.1, 0.15) is 373 Å². The molecule has 0 fully saturated rings. The minimum atomic E-state index is -1.62. The molecular weight excluding hydrogens is 1170 g/mol. The molecule has 0 aromatic rings. The van der Waals surface area contributed by atoms with Gasteiger partial charge in [0, 0.05) is 12.8 Å². The van der Waals surface area contributed by atoms with Crippen molar-refractivity contribution in [2.45, 2.75) is 386 Å². The number of carboxylic acid groups (broad SMARTS) is 1. The molecule has 0 aromatic carbocycles. The lowest BCUT2D eigenvalue weighted by Crippen LogP contribution is -2.44. The zero-order valence-corrected chi connectivity index (χ0v) is 63.0. The van der Waals surface area contributed by atoms with E-state index < -0.39 is 24.3 Å². The van der Waals surface area contributed by atoms with Gasteiger partial charge < -0.3 is 33.3 Å². The largest absolute Gasteiger partial charge is 0.545 e. The Balaban J connectivity index is 4.00. The van der Waals surface area contributed by atoms with Gasteiger partial charge >= 0.3 is 11.9 Å². The normalized spacial score (nSPS) is 13.1. The van der Waals surface area contributed by atoms with Gasteiger partial charge in [-0.05, 0) is 96.3 Å². The number of esters is 2. The molecular formula is C86H153NO8. The van der Waals surface area contributed by atoms with Crippen molar-refractivity contribution in [2.75, 3.05) is 47.5 Å². The van der Waals surface area contributed by atoms with Gasteiger partial charge in [-0.1, -0.05) is 361 Å². The van der Waals surface area contributed by atoms with E-state index in [2.05, 4.69) is 111 Å². The summed E-state index contributed by atoms with van der Waals surface area (Å²) < 4.78 is 22.9. The minimum absolute atomic E-state index is 0.147. The number of rotatable bonds is 75. The number of allylic oxidation sites excluding steroid dienone is 16. The van der Waals surface area contributed by atoms with Crippen molar-refractivity contribution < 1.29 is 42.9 Å². The highest BCUT2D eigenvalue weighted by atomic mass is 16.7. The molecule has 2 unspecified atom stereocenters. The van der Waals surface area contributed by atoms with E-state index in [1.165, 1.54) is 263 Å². The first-order chi connectivity index (χ1) is 46.6. The number of carbonyl (C=O) groups excluding carboxylic acids is 3. The third kappa shape index (κ3) is 77.4. The summed E-state index contributed by atoms with van der Waals surface area (Å²) in [7, 11) is 5.94. The maximum absolute atomic E-state index is 13.0. The molecule has 0 saturated carbocycles. The fraction of sp³-hybridized carbons (Fsp3) is 0.779. The van der Waals surface area contributed by atoms with Gasteiger partial charge in [-0.3, -0.25) is 9.59 Å². The molecule has 0 aromatic heterocycles. The second-order valence-electron chi connectivity index (χ2n) is 28.3. The van der Waals surface area contributed by atoms with Gasteiger partial charge in [0.15, 0.2) is 12.4 Å². The summed E-state index contributed by atoms with van der Waals surface area (Å²) in [4.78, 5) is 37.6. The van der Waals surface area contributed by atoms with Crippen LogP contribution in [0.25, 0.3) is 0 Å². The predicted molar refractivity (Wildman–Crippen MR) is 407 cm³/mol. The first-order valence-electron chi connectivity index (χ1n) is 40.4. The molecule has 9 nitrogen and oxygen atoms in total. The number of nitrogens with zero attached hydrogens (tertiary/aromatic N) is 1. The number of quaternary nitrogens is 1. The number of carbonyl (C=O) groups is 3. The van der Waals surface area contributed by atoms with Crippen LogP contribution in [0, 0.1) is 0 Å². The molecule has 2 atom stereocenters. The zero-order valence-electron chi connectivity index (χ0n) is 63.0. The van der Waals surface area contributed by atoms with Crippen molar-refractivity contribution in [1.82, 2.24) is 0 Å². The third-order valence-corrected chi connectivity index (χ3v) is 17.8. The average Bonchev–Trinajstić information content (AvgIpc) is 3.58. The number of hydrogen-bond acceptors (Lipinski definition) is 8. The number of likely N-dealkylation sites (N-methyl/N-ethyl adjacent to an activating group) is 1. The second-order valence-corrected chi connectivity index (χ2v) is 28.3. The number of aliphatic carboxylic acids is 1. The Kier molecular flexibility index (Phi) is 72.9. The van der Waals surface area contributed by atoms with Crippen molar-refractivity contribution in [2.24, 2.45) is 0 Å². The minimum Gasteiger partial charge on any atom is -0.545 e. The molecule has 0 saturated heterocycles. The molecule has 0 amide bonds. The van der Waals surface area contributed by atoms with Crippen LogP contribution in [0.5, 0.6) is 0 Å².